The minimum atomic E-state index is -0.0641. The number of hydrogen-bond acceptors (Lipinski definition) is 5. The summed E-state index contributed by atoms with van der Waals surface area (Å²) in [6, 6.07) is 13.3. The summed E-state index contributed by atoms with van der Waals surface area (Å²) < 4.78 is 11.2. The smallest absolute Gasteiger partial charge is 0.238 e. The summed E-state index contributed by atoms with van der Waals surface area (Å²) >= 11 is 6.30. The number of hydrogen-bond donors (Lipinski definition) is 1. The molecule has 0 aromatic heterocycles. The molecule has 0 spiro atoms. The second-order valence-corrected chi connectivity index (χ2v) is 7.19. The first-order chi connectivity index (χ1) is 14.1. The predicted octanol–water partition coefficient (Wildman–Crippen LogP) is 3.90. The summed E-state index contributed by atoms with van der Waals surface area (Å²) in [6.07, 6.45) is 0. The fourth-order valence-electron chi connectivity index (χ4n) is 3.39. The molecule has 1 amide bonds. The van der Waals surface area contributed by atoms with E-state index in [0.29, 0.717) is 36.9 Å². The van der Waals surface area contributed by atoms with Gasteiger partial charge in [-0.3, -0.25) is 9.69 Å². The molecule has 7 heteroatoms. The van der Waals surface area contributed by atoms with Crippen molar-refractivity contribution in [2.24, 2.45) is 0 Å². The molecule has 1 heterocycles. The number of carbonyl (C=O) groups is 1. The van der Waals surface area contributed by atoms with Gasteiger partial charge in [-0.25, -0.2) is 0 Å². The summed E-state index contributed by atoms with van der Waals surface area (Å²) in [7, 11) is 0. The Morgan fingerprint density at radius 2 is 1.76 bits per heavy atom. The molecule has 3 rings (SSSR count). The number of nitrogens with zero attached hydrogens (tertiary/aromatic N) is 2. The number of nitrogens with one attached hydrogen (secondary N) is 1. The lowest BCUT2D eigenvalue weighted by molar-refractivity contribution is -0.117. The number of piperazine rings is 1. The van der Waals surface area contributed by atoms with Crippen molar-refractivity contribution in [2.75, 3.05) is 56.2 Å². The Morgan fingerprint density at radius 1 is 1.03 bits per heavy atom. The number of benzene rings is 2. The molecular formula is C22H28ClN3O3. The van der Waals surface area contributed by atoms with Crippen molar-refractivity contribution < 1.29 is 14.3 Å². The van der Waals surface area contributed by atoms with E-state index in [-0.39, 0.29) is 5.91 Å². The van der Waals surface area contributed by atoms with Gasteiger partial charge in [0.15, 0.2) is 0 Å². The quantitative estimate of drug-likeness (QED) is 0.706. The van der Waals surface area contributed by atoms with E-state index in [1.54, 1.807) is 0 Å². The van der Waals surface area contributed by atoms with Crippen LogP contribution in [0.4, 0.5) is 11.4 Å². The van der Waals surface area contributed by atoms with Gasteiger partial charge in [0.1, 0.15) is 11.5 Å². The van der Waals surface area contributed by atoms with Gasteiger partial charge in [-0.2, -0.15) is 0 Å². The van der Waals surface area contributed by atoms with Gasteiger partial charge in [-0.15, -0.1) is 0 Å². The number of amides is 1. The topological polar surface area (TPSA) is 54.0 Å². The zero-order chi connectivity index (χ0) is 20.6. The van der Waals surface area contributed by atoms with Crippen molar-refractivity contribution in [1.29, 1.82) is 0 Å². The van der Waals surface area contributed by atoms with E-state index in [2.05, 4.69) is 15.1 Å². The maximum absolute atomic E-state index is 12.6. The van der Waals surface area contributed by atoms with Crippen LogP contribution in [0.2, 0.25) is 5.02 Å². The molecule has 0 unspecified atom stereocenters. The van der Waals surface area contributed by atoms with Gasteiger partial charge in [0, 0.05) is 32.2 Å². The fourth-order valence-corrected chi connectivity index (χ4v) is 3.65. The van der Waals surface area contributed by atoms with Crippen LogP contribution < -0.4 is 19.7 Å². The predicted molar refractivity (Wildman–Crippen MR) is 118 cm³/mol. The lowest BCUT2D eigenvalue weighted by Crippen LogP contribution is -2.48. The van der Waals surface area contributed by atoms with Crippen molar-refractivity contribution in [3.05, 3.63) is 47.5 Å². The van der Waals surface area contributed by atoms with Crippen LogP contribution in [0.25, 0.3) is 0 Å². The van der Waals surface area contributed by atoms with E-state index < -0.39 is 0 Å². The number of para-hydroxylation sites is 1. The zero-order valence-electron chi connectivity index (χ0n) is 17.0. The van der Waals surface area contributed by atoms with Crippen LogP contribution in [0, 0.1) is 0 Å². The Labute approximate surface area is 177 Å². The fraction of sp³-hybridized carbons (Fsp3) is 0.409. The van der Waals surface area contributed by atoms with Gasteiger partial charge in [-0.05, 0) is 38.1 Å². The third-order valence-electron chi connectivity index (χ3n) is 4.77. The monoisotopic (exact) mass is 417 g/mol. The Balaban J connectivity index is 1.56. The summed E-state index contributed by atoms with van der Waals surface area (Å²) in [4.78, 5) is 17.0. The Hall–Kier alpha value is -2.44. The maximum atomic E-state index is 12.6. The second-order valence-electron chi connectivity index (χ2n) is 6.79. The summed E-state index contributed by atoms with van der Waals surface area (Å²) in [5, 5.41) is 3.73. The molecule has 6 nitrogen and oxygen atoms in total. The van der Waals surface area contributed by atoms with Crippen molar-refractivity contribution in [3.8, 4) is 11.5 Å². The van der Waals surface area contributed by atoms with E-state index in [0.717, 1.165) is 36.9 Å². The highest BCUT2D eigenvalue weighted by atomic mass is 35.5. The molecule has 0 saturated carbocycles. The van der Waals surface area contributed by atoms with Gasteiger partial charge in [0.2, 0.25) is 5.91 Å². The highest BCUT2D eigenvalue weighted by Gasteiger charge is 2.21. The lowest BCUT2D eigenvalue weighted by Gasteiger charge is -2.36. The average Bonchev–Trinajstić information content (AvgIpc) is 2.71. The molecule has 0 bridgehead atoms. The summed E-state index contributed by atoms with van der Waals surface area (Å²) in [5.41, 5.74) is 1.69. The molecule has 1 aliphatic heterocycles. The first-order valence-corrected chi connectivity index (χ1v) is 10.4. The number of carbonyl (C=O) groups excluding carboxylic acids is 1. The molecular weight excluding hydrogens is 390 g/mol. The Bertz CT molecular complexity index is 823. The molecule has 0 aliphatic carbocycles. The third kappa shape index (κ3) is 5.78. The minimum Gasteiger partial charge on any atom is -0.494 e. The summed E-state index contributed by atoms with van der Waals surface area (Å²) in [5.74, 6) is 1.29. The Morgan fingerprint density at radius 3 is 2.45 bits per heavy atom. The first-order valence-electron chi connectivity index (χ1n) is 10.0. The molecule has 1 N–H and O–H groups in total. The van der Waals surface area contributed by atoms with Gasteiger partial charge >= 0.3 is 0 Å². The van der Waals surface area contributed by atoms with Crippen molar-refractivity contribution >= 4 is 28.9 Å². The molecule has 2 aromatic rings. The van der Waals surface area contributed by atoms with Crippen molar-refractivity contribution in [3.63, 3.8) is 0 Å². The van der Waals surface area contributed by atoms with Crippen molar-refractivity contribution in [2.45, 2.75) is 13.8 Å². The van der Waals surface area contributed by atoms with E-state index in [4.69, 9.17) is 21.1 Å². The van der Waals surface area contributed by atoms with E-state index in [1.807, 2.05) is 56.3 Å². The average molecular weight is 418 g/mol. The Kier molecular flexibility index (Phi) is 7.61. The van der Waals surface area contributed by atoms with Gasteiger partial charge in [-0.1, -0.05) is 23.7 Å². The summed E-state index contributed by atoms with van der Waals surface area (Å²) in [6.45, 7) is 8.55. The highest BCUT2D eigenvalue weighted by Crippen LogP contribution is 2.30. The third-order valence-corrected chi connectivity index (χ3v) is 5.09. The molecule has 1 aliphatic rings. The van der Waals surface area contributed by atoms with Gasteiger partial charge in [0.25, 0.3) is 0 Å². The van der Waals surface area contributed by atoms with Gasteiger partial charge in [0.05, 0.1) is 36.2 Å². The number of rotatable bonds is 8. The van der Waals surface area contributed by atoms with Crippen LogP contribution >= 0.6 is 11.6 Å². The zero-order valence-corrected chi connectivity index (χ0v) is 17.7. The standard InChI is InChI=1S/C22H28ClN3O3/c1-3-28-17-9-10-21(29-4-2)19(15-17)24-22(27)16-25-11-13-26(14-12-25)20-8-6-5-7-18(20)23/h5-10,15H,3-4,11-14,16H2,1-2H3,(H,24,27). The SMILES string of the molecule is CCOc1ccc(OCC)c(NC(=O)CN2CCN(c3ccccc3Cl)CC2)c1. The van der Waals surface area contributed by atoms with E-state index in [1.165, 1.54) is 0 Å². The normalized spacial score (nSPS) is 14.5. The molecule has 156 valence electrons. The minimum absolute atomic E-state index is 0.0641. The highest BCUT2D eigenvalue weighted by molar-refractivity contribution is 6.33. The maximum Gasteiger partial charge on any atom is 0.238 e. The van der Waals surface area contributed by atoms with Crippen LogP contribution in [-0.4, -0.2) is 56.7 Å². The lowest BCUT2D eigenvalue weighted by atomic mass is 10.2. The first kappa shape index (κ1) is 21.3. The van der Waals surface area contributed by atoms with Crippen LogP contribution in [-0.2, 0) is 4.79 Å². The van der Waals surface area contributed by atoms with Gasteiger partial charge < -0.3 is 19.7 Å². The van der Waals surface area contributed by atoms with E-state index in [9.17, 15) is 4.79 Å². The van der Waals surface area contributed by atoms with Crippen molar-refractivity contribution in [1.82, 2.24) is 4.90 Å². The van der Waals surface area contributed by atoms with Crippen LogP contribution in [0.3, 0.4) is 0 Å². The van der Waals surface area contributed by atoms with Crippen LogP contribution in [0.1, 0.15) is 13.8 Å². The van der Waals surface area contributed by atoms with Crippen LogP contribution in [0.15, 0.2) is 42.5 Å². The number of halogens is 1. The molecule has 2 aromatic carbocycles. The molecule has 1 fully saturated rings. The largest absolute Gasteiger partial charge is 0.494 e. The molecule has 29 heavy (non-hydrogen) atoms. The molecule has 1 saturated heterocycles. The second kappa shape index (κ2) is 10.4. The molecule has 0 atom stereocenters. The van der Waals surface area contributed by atoms with Crippen LogP contribution in [0.5, 0.6) is 11.5 Å². The number of ether oxygens (including phenoxy) is 2. The van der Waals surface area contributed by atoms with E-state index >= 15 is 0 Å². The molecule has 0 radical (unpaired) electrons. The number of anilines is 2.